The first kappa shape index (κ1) is 52.6. The Morgan fingerprint density at radius 3 is 1.13 bits per heavy atom. The molecule has 0 saturated heterocycles. The average molecular weight is 763 g/mol. The first-order chi connectivity index (χ1) is 26.6. The maximum atomic E-state index is 12.5. The molecule has 0 saturated carbocycles. The van der Waals surface area contributed by atoms with Crippen molar-refractivity contribution in [1.29, 1.82) is 0 Å². The summed E-state index contributed by atoms with van der Waals surface area (Å²) in [5, 5.41) is 0. The Balaban J connectivity index is 3.99. The summed E-state index contributed by atoms with van der Waals surface area (Å²) in [6.45, 7) is 7.79. The fraction of sp³-hybridized carbons (Fsp3) is 0.918. The van der Waals surface area contributed by atoms with Crippen LogP contribution in [0.5, 0.6) is 0 Å². The van der Waals surface area contributed by atoms with Crippen LogP contribution in [-0.4, -0.2) is 37.9 Å². The Hall–Kier alpha value is -1.36. The van der Waals surface area contributed by atoms with Gasteiger partial charge in [0.05, 0.1) is 6.61 Å². The normalized spacial score (nSPS) is 12.1. The Morgan fingerprint density at radius 1 is 0.389 bits per heavy atom. The van der Waals surface area contributed by atoms with Gasteiger partial charge in [-0.05, 0) is 44.9 Å². The number of allylic oxidation sites excluding steroid dienone is 2. The molecule has 0 rings (SSSR count). The molecular formula is C49H94O5. The molecule has 0 aromatic rings. The highest BCUT2D eigenvalue weighted by Gasteiger charge is 2.17. The van der Waals surface area contributed by atoms with Crippen LogP contribution in [0.4, 0.5) is 0 Å². The molecule has 5 heteroatoms. The van der Waals surface area contributed by atoms with E-state index in [9.17, 15) is 9.59 Å². The van der Waals surface area contributed by atoms with E-state index >= 15 is 0 Å². The molecule has 0 aliphatic heterocycles. The van der Waals surface area contributed by atoms with Crippen molar-refractivity contribution in [2.75, 3.05) is 19.8 Å². The van der Waals surface area contributed by atoms with Crippen molar-refractivity contribution in [3.8, 4) is 0 Å². The summed E-state index contributed by atoms with van der Waals surface area (Å²) in [5.41, 5.74) is 0. The zero-order valence-electron chi connectivity index (χ0n) is 36.8. The number of ether oxygens (including phenoxy) is 3. The lowest BCUT2D eigenvalue weighted by Crippen LogP contribution is -2.30. The van der Waals surface area contributed by atoms with E-state index in [0.29, 0.717) is 26.1 Å². The molecule has 320 valence electrons. The number of unbranched alkanes of at least 4 members (excludes halogenated alkanes) is 32. The number of rotatable bonds is 45. The zero-order valence-corrected chi connectivity index (χ0v) is 36.8. The van der Waals surface area contributed by atoms with E-state index < -0.39 is 6.10 Å². The van der Waals surface area contributed by atoms with E-state index in [1.165, 1.54) is 186 Å². The predicted molar refractivity (Wildman–Crippen MR) is 233 cm³/mol. The van der Waals surface area contributed by atoms with E-state index in [1.807, 2.05) is 0 Å². The van der Waals surface area contributed by atoms with Crippen molar-refractivity contribution in [2.24, 2.45) is 0 Å². The van der Waals surface area contributed by atoms with Crippen LogP contribution in [0.15, 0.2) is 12.2 Å². The molecule has 0 aromatic heterocycles. The molecule has 0 amide bonds. The molecule has 0 N–H and O–H groups in total. The van der Waals surface area contributed by atoms with Crippen LogP contribution in [-0.2, 0) is 23.8 Å². The second kappa shape index (κ2) is 46.0. The molecule has 0 heterocycles. The van der Waals surface area contributed by atoms with Crippen molar-refractivity contribution >= 4 is 11.9 Å². The number of carbonyl (C=O) groups is 2. The third kappa shape index (κ3) is 43.4. The molecule has 1 atom stereocenters. The van der Waals surface area contributed by atoms with E-state index in [2.05, 4.69) is 32.9 Å². The van der Waals surface area contributed by atoms with Crippen LogP contribution in [0.2, 0.25) is 0 Å². The molecule has 0 bridgehead atoms. The van der Waals surface area contributed by atoms with Crippen LogP contribution < -0.4 is 0 Å². The van der Waals surface area contributed by atoms with Crippen LogP contribution in [0.1, 0.15) is 265 Å². The number of esters is 2. The highest BCUT2D eigenvalue weighted by Crippen LogP contribution is 2.15. The van der Waals surface area contributed by atoms with Gasteiger partial charge in [-0.3, -0.25) is 9.59 Å². The summed E-state index contributed by atoms with van der Waals surface area (Å²) in [5.74, 6) is -0.395. The fourth-order valence-corrected chi connectivity index (χ4v) is 7.15. The van der Waals surface area contributed by atoms with Gasteiger partial charge < -0.3 is 14.2 Å². The SMILES string of the molecule is CCCCCCCC/C=C\CCCCCCCCCCOCC(COC(=O)CCCCCCCCCCCCCCCCC)OC(=O)CCCCCCC. The molecule has 1 unspecified atom stereocenters. The summed E-state index contributed by atoms with van der Waals surface area (Å²) < 4.78 is 17.2. The second-order valence-electron chi connectivity index (χ2n) is 16.4. The molecule has 0 aromatic carbocycles. The third-order valence-corrected chi connectivity index (χ3v) is 10.8. The Labute approximate surface area is 337 Å². The summed E-state index contributed by atoms with van der Waals surface area (Å²) in [7, 11) is 0. The quantitative estimate of drug-likeness (QED) is 0.0351. The minimum Gasteiger partial charge on any atom is -0.462 e. The molecule has 0 radical (unpaired) electrons. The van der Waals surface area contributed by atoms with Crippen LogP contribution in [0.25, 0.3) is 0 Å². The molecule has 54 heavy (non-hydrogen) atoms. The standard InChI is InChI=1S/C49H94O5/c1-4-7-10-13-15-17-19-21-23-24-25-27-29-31-33-35-38-41-44-52-45-47(54-49(51)43-40-36-12-9-6-3)46-53-48(50)42-39-37-34-32-30-28-26-22-20-18-16-14-11-8-5-2/h21,23,47H,4-20,22,24-46H2,1-3H3/b23-21-. The van der Waals surface area contributed by atoms with Gasteiger partial charge in [-0.1, -0.05) is 219 Å². The highest BCUT2D eigenvalue weighted by molar-refractivity contribution is 5.70. The van der Waals surface area contributed by atoms with E-state index in [4.69, 9.17) is 14.2 Å². The summed E-state index contributed by atoms with van der Waals surface area (Å²) in [4.78, 5) is 25.0. The van der Waals surface area contributed by atoms with Crippen molar-refractivity contribution in [2.45, 2.75) is 271 Å². The first-order valence-electron chi connectivity index (χ1n) is 24.2. The maximum Gasteiger partial charge on any atom is 0.306 e. The monoisotopic (exact) mass is 763 g/mol. The van der Waals surface area contributed by atoms with Crippen LogP contribution in [0.3, 0.4) is 0 Å². The fourth-order valence-electron chi connectivity index (χ4n) is 7.15. The molecule has 0 spiro atoms. The van der Waals surface area contributed by atoms with Gasteiger partial charge in [0.2, 0.25) is 0 Å². The second-order valence-corrected chi connectivity index (χ2v) is 16.4. The van der Waals surface area contributed by atoms with E-state index in [1.54, 1.807) is 0 Å². The number of hydrogen-bond acceptors (Lipinski definition) is 5. The van der Waals surface area contributed by atoms with Gasteiger partial charge in [-0.25, -0.2) is 0 Å². The zero-order chi connectivity index (χ0) is 39.3. The number of hydrogen-bond donors (Lipinski definition) is 0. The van der Waals surface area contributed by atoms with Gasteiger partial charge in [0.1, 0.15) is 6.61 Å². The first-order valence-corrected chi connectivity index (χ1v) is 24.2. The van der Waals surface area contributed by atoms with Gasteiger partial charge in [-0.2, -0.15) is 0 Å². The molecule has 0 aliphatic carbocycles. The molecular weight excluding hydrogens is 669 g/mol. The minimum atomic E-state index is -0.524. The lowest BCUT2D eigenvalue weighted by atomic mass is 10.0. The summed E-state index contributed by atoms with van der Waals surface area (Å²) in [6.07, 6.45) is 51.0. The lowest BCUT2D eigenvalue weighted by Gasteiger charge is -2.18. The van der Waals surface area contributed by atoms with Crippen molar-refractivity contribution in [3.63, 3.8) is 0 Å². The molecule has 0 aliphatic rings. The Kier molecular flexibility index (Phi) is 44.9. The largest absolute Gasteiger partial charge is 0.462 e. The number of carbonyl (C=O) groups excluding carboxylic acids is 2. The van der Waals surface area contributed by atoms with Crippen LogP contribution in [0, 0.1) is 0 Å². The summed E-state index contributed by atoms with van der Waals surface area (Å²) in [6, 6.07) is 0. The van der Waals surface area contributed by atoms with Gasteiger partial charge >= 0.3 is 11.9 Å². The smallest absolute Gasteiger partial charge is 0.306 e. The van der Waals surface area contributed by atoms with Gasteiger partial charge in [0.25, 0.3) is 0 Å². The Bertz CT molecular complexity index is 780. The van der Waals surface area contributed by atoms with Crippen LogP contribution >= 0.6 is 0 Å². The van der Waals surface area contributed by atoms with E-state index in [0.717, 1.165) is 44.9 Å². The average Bonchev–Trinajstić information content (AvgIpc) is 3.17. The van der Waals surface area contributed by atoms with Crippen molar-refractivity contribution in [1.82, 2.24) is 0 Å². The van der Waals surface area contributed by atoms with Crippen molar-refractivity contribution in [3.05, 3.63) is 12.2 Å². The molecule has 5 nitrogen and oxygen atoms in total. The highest BCUT2D eigenvalue weighted by atomic mass is 16.6. The summed E-state index contributed by atoms with van der Waals surface area (Å²) >= 11 is 0. The van der Waals surface area contributed by atoms with E-state index in [-0.39, 0.29) is 18.5 Å². The topological polar surface area (TPSA) is 61.8 Å². The van der Waals surface area contributed by atoms with Gasteiger partial charge in [0, 0.05) is 19.4 Å². The lowest BCUT2D eigenvalue weighted by molar-refractivity contribution is -0.163. The maximum absolute atomic E-state index is 12.5. The minimum absolute atomic E-state index is 0.0913. The Morgan fingerprint density at radius 2 is 0.722 bits per heavy atom. The van der Waals surface area contributed by atoms with Gasteiger partial charge in [-0.15, -0.1) is 0 Å². The van der Waals surface area contributed by atoms with Crippen molar-refractivity contribution < 1.29 is 23.8 Å². The van der Waals surface area contributed by atoms with Gasteiger partial charge in [0.15, 0.2) is 6.10 Å². The molecule has 0 fully saturated rings. The predicted octanol–water partition coefficient (Wildman–Crippen LogP) is 15.9. The third-order valence-electron chi connectivity index (χ3n) is 10.8.